The van der Waals surface area contributed by atoms with Gasteiger partial charge in [0.15, 0.2) is 0 Å². The Morgan fingerprint density at radius 2 is 1.87 bits per heavy atom. The van der Waals surface area contributed by atoms with Crippen LogP contribution in [0.4, 0.5) is 5.82 Å². The fourth-order valence-electron chi connectivity index (χ4n) is 2.96. The molecule has 1 aliphatic rings. The molecule has 1 aromatic heterocycles. The number of β-amino-alcohol motifs (C(OH)–C–C–N with tert-alkyl or cyclic N) is 1. The highest BCUT2D eigenvalue weighted by Crippen LogP contribution is 2.19. The van der Waals surface area contributed by atoms with Gasteiger partial charge in [0.05, 0.1) is 6.10 Å². The summed E-state index contributed by atoms with van der Waals surface area (Å²) in [5.41, 5.74) is 0.917. The number of aromatic nitrogens is 1. The number of aliphatic hydroxyl groups excluding tert-OH is 1. The van der Waals surface area contributed by atoms with Gasteiger partial charge in [0.2, 0.25) is 0 Å². The summed E-state index contributed by atoms with van der Waals surface area (Å²) in [4.78, 5) is 9.07. The number of hydrogen-bond donors (Lipinski definition) is 1. The third-order valence-electron chi connectivity index (χ3n) is 4.25. The summed E-state index contributed by atoms with van der Waals surface area (Å²) in [6.07, 6.45) is 2.43. The monoisotopic (exact) mass is 331 g/mol. The fourth-order valence-corrected chi connectivity index (χ4v) is 3.08. The van der Waals surface area contributed by atoms with E-state index in [0.29, 0.717) is 11.6 Å². The normalized spacial score (nSPS) is 17.7. The first-order valence-corrected chi connectivity index (χ1v) is 8.42. The maximum Gasteiger partial charge on any atom is 0.128 e. The molecule has 0 aliphatic carbocycles. The van der Waals surface area contributed by atoms with Gasteiger partial charge < -0.3 is 10.0 Å². The summed E-state index contributed by atoms with van der Waals surface area (Å²) in [5.74, 6) is 1.03. The summed E-state index contributed by atoms with van der Waals surface area (Å²) < 4.78 is 0. The summed E-state index contributed by atoms with van der Waals surface area (Å²) in [6, 6.07) is 13.5. The van der Waals surface area contributed by atoms with Crippen molar-refractivity contribution in [3.8, 4) is 0 Å². The standard InChI is InChI=1S/C18H22ClN3O/c19-16-7-5-15(6-8-16)17(23)14-21-10-3-11-22(13-12-21)18-4-1-2-9-20-18/h1-2,4-9,17,23H,3,10-14H2/t17-/m1/s1. The van der Waals surface area contributed by atoms with Crippen molar-refractivity contribution in [2.75, 3.05) is 37.6 Å². The molecule has 0 saturated carbocycles. The maximum absolute atomic E-state index is 10.4. The lowest BCUT2D eigenvalue weighted by Gasteiger charge is -2.24. The number of halogens is 1. The molecule has 5 heteroatoms. The van der Waals surface area contributed by atoms with Gasteiger partial charge in [0.25, 0.3) is 0 Å². The Kier molecular flexibility index (Phi) is 5.49. The van der Waals surface area contributed by atoms with E-state index in [0.717, 1.165) is 44.0 Å². The molecule has 1 atom stereocenters. The van der Waals surface area contributed by atoms with Gasteiger partial charge in [-0.05, 0) is 36.2 Å². The van der Waals surface area contributed by atoms with E-state index in [-0.39, 0.29) is 0 Å². The number of pyridine rings is 1. The quantitative estimate of drug-likeness (QED) is 0.935. The van der Waals surface area contributed by atoms with Crippen molar-refractivity contribution in [2.24, 2.45) is 0 Å². The fraction of sp³-hybridized carbons (Fsp3) is 0.389. The first-order valence-electron chi connectivity index (χ1n) is 8.04. The van der Waals surface area contributed by atoms with Crippen molar-refractivity contribution >= 4 is 17.4 Å². The third kappa shape index (κ3) is 4.44. The van der Waals surface area contributed by atoms with Gasteiger partial charge >= 0.3 is 0 Å². The zero-order valence-corrected chi connectivity index (χ0v) is 13.9. The van der Waals surface area contributed by atoms with E-state index in [2.05, 4.69) is 20.9 Å². The van der Waals surface area contributed by atoms with E-state index in [1.165, 1.54) is 0 Å². The Morgan fingerprint density at radius 3 is 2.61 bits per heavy atom. The van der Waals surface area contributed by atoms with Gasteiger partial charge in [-0.15, -0.1) is 0 Å². The molecule has 1 saturated heterocycles. The van der Waals surface area contributed by atoms with E-state index in [4.69, 9.17) is 11.6 Å². The molecule has 0 bridgehead atoms. The highest BCUT2D eigenvalue weighted by Gasteiger charge is 2.18. The van der Waals surface area contributed by atoms with Crippen LogP contribution in [-0.4, -0.2) is 47.7 Å². The second-order valence-electron chi connectivity index (χ2n) is 5.90. The van der Waals surface area contributed by atoms with Crippen LogP contribution in [-0.2, 0) is 0 Å². The number of nitrogens with zero attached hydrogens (tertiary/aromatic N) is 3. The third-order valence-corrected chi connectivity index (χ3v) is 4.50. The molecule has 2 heterocycles. The molecule has 0 unspecified atom stereocenters. The van der Waals surface area contributed by atoms with E-state index in [9.17, 15) is 5.11 Å². The molecular formula is C18H22ClN3O. The molecule has 23 heavy (non-hydrogen) atoms. The average Bonchev–Trinajstić information content (AvgIpc) is 2.82. The van der Waals surface area contributed by atoms with Crippen LogP contribution in [0.5, 0.6) is 0 Å². The van der Waals surface area contributed by atoms with E-state index in [1.54, 1.807) is 0 Å². The summed E-state index contributed by atoms with van der Waals surface area (Å²) in [6.45, 7) is 4.52. The minimum absolute atomic E-state index is 0.478. The Hall–Kier alpha value is -1.62. The predicted octanol–water partition coefficient (Wildman–Crippen LogP) is 2.98. The molecule has 0 spiro atoms. The SMILES string of the molecule is O[C@H](CN1CCCN(c2ccccn2)CC1)c1ccc(Cl)cc1. The summed E-state index contributed by atoms with van der Waals surface area (Å²) in [7, 11) is 0. The highest BCUT2D eigenvalue weighted by molar-refractivity contribution is 6.30. The highest BCUT2D eigenvalue weighted by atomic mass is 35.5. The molecule has 4 nitrogen and oxygen atoms in total. The first-order chi connectivity index (χ1) is 11.2. The van der Waals surface area contributed by atoms with Crippen LogP contribution in [0, 0.1) is 0 Å². The number of benzene rings is 1. The Labute approximate surface area is 142 Å². The molecule has 1 N–H and O–H groups in total. The zero-order chi connectivity index (χ0) is 16.1. The second kappa shape index (κ2) is 7.77. The Morgan fingerprint density at radius 1 is 1.04 bits per heavy atom. The Balaban J connectivity index is 1.57. The van der Waals surface area contributed by atoms with Crippen LogP contribution >= 0.6 is 11.6 Å². The van der Waals surface area contributed by atoms with Crippen LogP contribution in [0.25, 0.3) is 0 Å². The molecular weight excluding hydrogens is 310 g/mol. The largest absolute Gasteiger partial charge is 0.387 e. The predicted molar refractivity (Wildman–Crippen MR) is 93.9 cm³/mol. The van der Waals surface area contributed by atoms with Crippen molar-refractivity contribution in [1.29, 1.82) is 0 Å². The van der Waals surface area contributed by atoms with E-state index < -0.39 is 6.10 Å². The van der Waals surface area contributed by atoms with Crippen LogP contribution in [0.1, 0.15) is 18.1 Å². The number of aliphatic hydroxyl groups is 1. The Bertz CT molecular complexity index is 605. The lowest BCUT2D eigenvalue weighted by molar-refractivity contribution is 0.117. The van der Waals surface area contributed by atoms with Gasteiger partial charge in [-0.2, -0.15) is 0 Å². The topological polar surface area (TPSA) is 39.6 Å². The first kappa shape index (κ1) is 16.2. The van der Waals surface area contributed by atoms with Gasteiger partial charge in [-0.3, -0.25) is 4.90 Å². The molecule has 122 valence electrons. The number of rotatable bonds is 4. The van der Waals surface area contributed by atoms with Crippen LogP contribution in [0.2, 0.25) is 5.02 Å². The van der Waals surface area contributed by atoms with Crippen molar-refractivity contribution in [3.05, 3.63) is 59.2 Å². The van der Waals surface area contributed by atoms with Crippen LogP contribution in [0.3, 0.4) is 0 Å². The zero-order valence-electron chi connectivity index (χ0n) is 13.1. The smallest absolute Gasteiger partial charge is 0.128 e. The number of hydrogen-bond acceptors (Lipinski definition) is 4. The minimum Gasteiger partial charge on any atom is -0.387 e. The molecule has 2 aromatic rings. The molecule has 0 radical (unpaired) electrons. The van der Waals surface area contributed by atoms with Gasteiger partial charge in [-0.1, -0.05) is 29.8 Å². The van der Waals surface area contributed by atoms with Crippen molar-refractivity contribution in [3.63, 3.8) is 0 Å². The second-order valence-corrected chi connectivity index (χ2v) is 6.33. The van der Waals surface area contributed by atoms with Crippen molar-refractivity contribution in [2.45, 2.75) is 12.5 Å². The van der Waals surface area contributed by atoms with Crippen molar-refractivity contribution < 1.29 is 5.11 Å². The molecule has 1 aliphatic heterocycles. The number of anilines is 1. The van der Waals surface area contributed by atoms with Gasteiger partial charge in [0, 0.05) is 43.9 Å². The maximum atomic E-state index is 10.4. The lowest BCUT2D eigenvalue weighted by Crippen LogP contribution is -2.33. The van der Waals surface area contributed by atoms with E-state index >= 15 is 0 Å². The molecule has 3 rings (SSSR count). The van der Waals surface area contributed by atoms with Gasteiger partial charge in [-0.25, -0.2) is 4.98 Å². The lowest BCUT2D eigenvalue weighted by atomic mass is 10.1. The van der Waals surface area contributed by atoms with Crippen LogP contribution < -0.4 is 4.90 Å². The molecule has 0 amide bonds. The average molecular weight is 332 g/mol. The van der Waals surface area contributed by atoms with Crippen LogP contribution in [0.15, 0.2) is 48.7 Å². The summed E-state index contributed by atoms with van der Waals surface area (Å²) in [5, 5.41) is 11.1. The van der Waals surface area contributed by atoms with Crippen molar-refractivity contribution in [1.82, 2.24) is 9.88 Å². The molecule has 1 aromatic carbocycles. The molecule has 1 fully saturated rings. The minimum atomic E-state index is -0.478. The summed E-state index contributed by atoms with van der Waals surface area (Å²) >= 11 is 5.90. The van der Waals surface area contributed by atoms with Gasteiger partial charge in [0.1, 0.15) is 5.82 Å². The van der Waals surface area contributed by atoms with E-state index in [1.807, 2.05) is 42.6 Å².